The Labute approximate surface area is 139 Å². The van der Waals surface area contributed by atoms with E-state index in [1.54, 1.807) is 0 Å². The van der Waals surface area contributed by atoms with Gasteiger partial charge in [0, 0.05) is 0 Å². The highest BCUT2D eigenvalue weighted by molar-refractivity contribution is 5.84. The van der Waals surface area contributed by atoms with Crippen LogP contribution in [-0.2, 0) is 10.8 Å². The number of benzene rings is 2. The lowest BCUT2D eigenvalue weighted by Gasteiger charge is -2.21. The average Bonchev–Trinajstić information content (AvgIpc) is 2.48. The SMILES string of the molecule is CC.CC.CC(C)(C)c1ccc2cc(C(C)(C)C)ccc2c1. The van der Waals surface area contributed by atoms with Crippen molar-refractivity contribution in [3.63, 3.8) is 0 Å². The number of fused-ring (bicyclic) bond motifs is 1. The molecule has 0 N–H and O–H groups in total. The Kier molecular flexibility index (Phi) is 7.87. The molecule has 0 aliphatic carbocycles. The largest absolute Gasteiger partial charge is 0.0683 e. The van der Waals surface area contributed by atoms with Gasteiger partial charge >= 0.3 is 0 Å². The molecule has 0 fully saturated rings. The molecule has 0 aliphatic rings. The maximum Gasteiger partial charge on any atom is -0.0132 e. The van der Waals surface area contributed by atoms with Gasteiger partial charge in [-0.15, -0.1) is 0 Å². The van der Waals surface area contributed by atoms with Gasteiger partial charge in [-0.1, -0.05) is 106 Å². The van der Waals surface area contributed by atoms with E-state index in [0.717, 1.165) is 0 Å². The predicted octanol–water partition coefficient (Wildman–Crippen LogP) is 7.49. The molecule has 0 unspecified atom stereocenters. The first kappa shape index (κ1) is 20.7. The summed E-state index contributed by atoms with van der Waals surface area (Å²) in [5.74, 6) is 0. The molecule has 2 rings (SSSR count). The first-order valence-electron chi connectivity index (χ1n) is 8.73. The van der Waals surface area contributed by atoms with Gasteiger partial charge < -0.3 is 0 Å². The molecule has 0 saturated heterocycles. The van der Waals surface area contributed by atoms with Crippen molar-refractivity contribution in [1.29, 1.82) is 0 Å². The summed E-state index contributed by atoms with van der Waals surface area (Å²) in [5, 5.41) is 2.69. The van der Waals surface area contributed by atoms with Gasteiger partial charge in [0.2, 0.25) is 0 Å². The molecule has 124 valence electrons. The normalized spacial score (nSPS) is 11.2. The van der Waals surface area contributed by atoms with Crippen LogP contribution >= 0.6 is 0 Å². The zero-order chi connectivity index (χ0) is 17.6. The first-order chi connectivity index (χ1) is 10.2. The van der Waals surface area contributed by atoms with Gasteiger partial charge in [-0.25, -0.2) is 0 Å². The van der Waals surface area contributed by atoms with Crippen molar-refractivity contribution < 1.29 is 0 Å². The molecule has 0 spiro atoms. The van der Waals surface area contributed by atoms with E-state index in [9.17, 15) is 0 Å². The quantitative estimate of drug-likeness (QED) is 0.473. The molecule has 0 aliphatic heterocycles. The first-order valence-corrected chi connectivity index (χ1v) is 8.73. The molecule has 0 heterocycles. The Morgan fingerprint density at radius 3 is 1.00 bits per heavy atom. The molecule has 22 heavy (non-hydrogen) atoms. The van der Waals surface area contributed by atoms with Crippen molar-refractivity contribution in [2.24, 2.45) is 0 Å². The summed E-state index contributed by atoms with van der Waals surface area (Å²) < 4.78 is 0. The van der Waals surface area contributed by atoms with E-state index in [0.29, 0.717) is 0 Å². The lowest BCUT2D eigenvalue weighted by Crippen LogP contribution is -2.11. The number of hydrogen-bond acceptors (Lipinski definition) is 0. The van der Waals surface area contributed by atoms with Gasteiger partial charge in [-0.2, -0.15) is 0 Å². The van der Waals surface area contributed by atoms with Crippen LogP contribution in [0.15, 0.2) is 36.4 Å². The number of rotatable bonds is 0. The van der Waals surface area contributed by atoms with Crippen LogP contribution in [0.4, 0.5) is 0 Å². The second-order valence-electron chi connectivity index (χ2n) is 7.28. The summed E-state index contributed by atoms with van der Waals surface area (Å²) in [4.78, 5) is 0. The van der Waals surface area contributed by atoms with E-state index >= 15 is 0 Å². The smallest absolute Gasteiger partial charge is 0.0132 e. The van der Waals surface area contributed by atoms with Gasteiger partial charge in [-0.3, -0.25) is 0 Å². The van der Waals surface area contributed by atoms with Gasteiger partial charge in [0.15, 0.2) is 0 Å². The summed E-state index contributed by atoms with van der Waals surface area (Å²) in [6, 6.07) is 13.7. The topological polar surface area (TPSA) is 0 Å². The Hall–Kier alpha value is -1.30. The van der Waals surface area contributed by atoms with Gasteiger partial charge in [0.25, 0.3) is 0 Å². The molecule has 0 amide bonds. The van der Waals surface area contributed by atoms with E-state index in [-0.39, 0.29) is 10.8 Å². The van der Waals surface area contributed by atoms with Crippen molar-refractivity contribution in [3.05, 3.63) is 47.5 Å². The van der Waals surface area contributed by atoms with Gasteiger partial charge in [0.1, 0.15) is 0 Å². The lowest BCUT2D eigenvalue weighted by atomic mass is 9.83. The standard InChI is InChI=1S/C18H24.2C2H6/c1-17(2,3)15-9-7-14-12-16(18(4,5)6)10-8-13(14)11-15;2*1-2/h7-12H,1-6H3;2*1-2H3. The van der Waals surface area contributed by atoms with Gasteiger partial charge in [-0.05, 0) is 32.7 Å². The second-order valence-corrected chi connectivity index (χ2v) is 7.28. The van der Waals surface area contributed by atoms with E-state index < -0.39 is 0 Å². The highest BCUT2D eigenvalue weighted by Gasteiger charge is 2.16. The Morgan fingerprint density at radius 1 is 0.500 bits per heavy atom. The minimum atomic E-state index is 0.219. The monoisotopic (exact) mass is 300 g/mol. The van der Waals surface area contributed by atoms with Crippen LogP contribution in [-0.4, -0.2) is 0 Å². The molecule has 0 bridgehead atoms. The van der Waals surface area contributed by atoms with Crippen LogP contribution < -0.4 is 0 Å². The molecule has 0 heteroatoms. The Morgan fingerprint density at radius 2 is 0.773 bits per heavy atom. The predicted molar refractivity (Wildman–Crippen MR) is 104 cm³/mol. The van der Waals surface area contributed by atoms with Crippen LogP contribution in [0.3, 0.4) is 0 Å². The molecule has 0 radical (unpaired) electrons. The summed E-state index contributed by atoms with van der Waals surface area (Å²) >= 11 is 0. The summed E-state index contributed by atoms with van der Waals surface area (Å²) in [5.41, 5.74) is 3.24. The summed E-state index contributed by atoms with van der Waals surface area (Å²) in [6.07, 6.45) is 0. The maximum absolute atomic E-state index is 2.32. The number of hydrogen-bond donors (Lipinski definition) is 0. The van der Waals surface area contributed by atoms with Crippen LogP contribution in [0.2, 0.25) is 0 Å². The Bertz CT molecular complexity index is 509. The van der Waals surface area contributed by atoms with Crippen LogP contribution in [0.25, 0.3) is 10.8 Å². The molecular weight excluding hydrogens is 264 g/mol. The Balaban J connectivity index is 0.00000102. The molecule has 2 aromatic carbocycles. The van der Waals surface area contributed by atoms with Crippen LogP contribution in [0, 0.1) is 0 Å². The summed E-state index contributed by atoms with van der Waals surface area (Å²) in [7, 11) is 0. The highest BCUT2D eigenvalue weighted by atomic mass is 14.2. The average molecular weight is 301 g/mol. The highest BCUT2D eigenvalue weighted by Crippen LogP contribution is 2.29. The fourth-order valence-electron chi connectivity index (χ4n) is 2.18. The fraction of sp³-hybridized carbons (Fsp3) is 0.545. The van der Waals surface area contributed by atoms with Crippen molar-refractivity contribution in [3.8, 4) is 0 Å². The molecule has 0 nitrogen and oxygen atoms in total. The third-order valence-corrected chi connectivity index (χ3v) is 3.57. The maximum atomic E-state index is 2.32. The van der Waals surface area contributed by atoms with Gasteiger partial charge in [0.05, 0.1) is 0 Å². The molecule has 2 aromatic rings. The third-order valence-electron chi connectivity index (χ3n) is 3.57. The minimum absolute atomic E-state index is 0.219. The summed E-state index contributed by atoms with van der Waals surface area (Å²) in [6.45, 7) is 21.6. The molecule has 0 aromatic heterocycles. The lowest BCUT2D eigenvalue weighted by molar-refractivity contribution is 0.589. The van der Waals surface area contributed by atoms with E-state index in [4.69, 9.17) is 0 Å². The van der Waals surface area contributed by atoms with Crippen molar-refractivity contribution >= 4 is 10.8 Å². The minimum Gasteiger partial charge on any atom is -0.0683 e. The zero-order valence-electron chi connectivity index (χ0n) is 16.5. The molecule has 0 atom stereocenters. The van der Waals surface area contributed by atoms with Crippen molar-refractivity contribution in [1.82, 2.24) is 0 Å². The van der Waals surface area contributed by atoms with Crippen molar-refractivity contribution in [2.45, 2.75) is 80.1 Å². The molecule has 0 saturated carbocycles. The van der Waals surface area contributed by atoms with Crippen molar-refractivity contribution in [2.75, 3.05) is 0 Å². The zero-order valence-corrected chi connectivity index (χ0v) is 16.5. The van der Waals surface area contributed by atoms with Crippen LogP contribution in [0.5, 0.6) is 0 Å². The van der Waals surface area contributed by atoms with Crippen LogP contribution in [0.1, 0.15) is 80.4 Å². The van der Waals surface area contributed by atoms with E-state index in [1.165, 1.54) is 21.9 Å². The fourth-order valence-corrected chi connectivity index (χ4v) is 2.18. The third kappa shape index (κ3) is 5.48. The van der Waals surface area contributed by atoms with E-state index in [1.807, 2.05) is 27.7 Å². The molecular formula is C22H36. The van der Waals surface area contributed by atoms with E-state index in [2.05, 4.69) is 77.9 Å². The second kappa shape index (κ2) is 8.36.